The summed E-state index contributed by atoms with van der Waals surface area (Å²) in [4.78, 5) is 5.21. The Labute approximate surface area is 190 Å². The van der Waals surface area contributed by atoms with E-state index in [1.165, 1.54) is 24.1 Å². The number of alkyl halides is 1. The molecule has 2 aromatic carbocycles. The van der Waals surface area contributed by atoms with Crippen LogP contribution in [0, 0.1) is 17.2 Å². The van der Waals surface area contributed by atoms with Gasteiger partial charge in [0.25, 0.3) is 0 Å². The highest BCUT2D eigenvalue weighted by Gasteiger charge is 2.37. The van der Waals surface area contributed by atoms with Crippen LogP contribution in [0.1, 0.15) is 43.7 Å². The van der Waals surface area contributed by atoms with E-state index in [0.717, 1.165) is 43.1 Å². The Morgan fingerprint density at radius 1 is 0.967 bits per heavy atom. The van der Waals surface area contributed by atoms with E-state index in [0.29, 0.717) is 23.4 Å². The standard InChI is InChI=1S/C25H29Cl2N3/c1-18-15-30(24-12-10-23(27)11-13-24)25(21-6-8-22(26)9-7-21)17-29(18)16-20-4-2-19(14-28)3-5-20/h2-5,10-13,18,21-22,25H,6-9,15-17H2,1H3. The SMILES string of the molecule is CC1CN(c2ccc(Cl)cc2)C(C2CCC(Cl)CC2)CN1Cc1ccc(C#N)cc1. The Kier molecular flexibility index (Phi) is 6.88. The van der Waals surface area contributed by atoms with E-state index in [4.69, 9.17) is 28.5 Å². The van der Waals surface area contributed by atoms with Crippen LogP contribution in [0.15, 0.2) is 48.5 Å². The average molecular weight is 442 g/mol. The molecule has 0 aromatic heterocycles. The fraction of sp³-hybridized carbons (Fsp3) is 0.480. The Bertz CT molecular complexity index is 867. The van der Waals surface area contributed by atoms with Crippen LogP contribution in [0.25, 0.3) is 0 Å². The van der Waals surface area contributed by atoms with Crippen molar-refractivity contribution < 1.29 is 0 Å². The van der Waals surface area contributed by atoms with Gasteiger partial charge < -0.3 is 4.90 Å². The quantitative estimate of drug-likeness (QED) is 0.537. The fourth-order valence-corrected chi connectivity index (χ4v) is 5.37. The lowest BCUT2D eigenvalue weighted by Crippen LogP contribution is -2.60. The molecule has 2 aromatic rings. The molecule has 1 aliphatic heterocycles. The van der Waals surface area contributed by atoms with E-state index in [2.05, 4.69) is 47.1 Å². The smallest absolute Gasteiger partial charge is 0.0991 e. The van der Waals surface area contributed by atoms with Crippen LogP contribution in [0.5, 0.6) is 0 Å². The van der Waals surface area contributed by atoms with Crippen LogP contribution in [0.2, 0.25) is 5.02 Å². The topological polar surface area (TPSA) is 30.3 Å². The molecule has 2 fully saturated rings. The molecule has 2 aliphatic rings. The molecule has 1 saturated heterocycles. The molecule has 0 radical (unpaired) electrons. The second kappa shape index (κ2) is 9.60. The molecule has 2 unspecified atom stereocenters. The molecule has 4 rings (SSSR count). The Balaban J connectivity index is 1.55. The number of nitrogens with zero attached hydrogens (tertiary/aromatic N) is 3. The van der Waals surface area contributed by atoms with Gasteiger partial charge in [-0.2, -0.15) is 5.26 Å². The molecule has 2 atom stereocenters. The van der Waals surface area contributed by atoms with Crippen molar-refractivity contribution in [2.24, 2.45) is 5.92 Å². The minimum Gasteiger partial charge on any atom is -0.365 e. The summed E-state index contributed by atoms with van der Waals surface area (Å²) in [5.41, 5.74) is 3.25. The molecule has 1 heterocycles. The number of piperazine rings is 1. The molecular formula is C25H29Cl2N3. The summed E-state index contributed by atoms with van der Waals surface area (Å²) < 4.78 is 0. The maximum atomic E-state index is 9.06. The Morgan fingerprint density at radius 3 is 2.27 bits per heavy atom. The number of benzene rings is 2. The number of anilines is 1. The molecule has 3 nitrogen and oxygen atoms in total. The first-order valence-corrected chi connectivity index (χ1v) is 11.7. The molecule has 158 valence electrons. The van der Waals surface area contributed by atoms with Gasteiger partial charge in [-0.3, -0.25) is 4.90 Å². The number of halogens is 2. The van der Waals surface area contributed by atoms with Gasteiger partial charge in [-0.1, -0.05) is 23.7 Å². The van der Waals surface area contributed by atoms with E-state index in [1.807, 2.05) is 24.3 Å². The lowest BCUT2D eigenvalue weighted by Gasteiger charge is -2.50. The van der Waals surface area contributed by atoms with Gasteiger partial charge in [-0.05, 0) is 80.5 Å². The number of hydrogen-bond acceptors (Lipinski definition) is 3. The highest BCUT2D eigenvalue weighted by Crippen LogP contribution is 2.36. The first-order chi connectivity index (χ1) is 14.5. The highest BCUT2D eigenvalue weighted by atomic mass is 35.5. The van der Waals surface area contributed by atoms with Crippen LogP contribution < -0.4 is 4.90 Å². The van der Waals surface area contributed by atoms with Crippen molar-refractivity contribution in [1.82, 2.24) is 4.90 Å². The van der Waals surface area contributed by atoms with Gasteiger partial charge in [0.2, 0.25) is 0 Å². The summed E-state index contributed by atoms with van der Waals surface area (Å²) in [6, 6.07) is 19.5. The van der Waals surface area contributed by atoms with Crippen LogP contribution in [-0.2, 0) is 6.54 Å². The van der Waals surface area contributed by atoms with Crippen molar-refractivity contribution in [3.63, 3.8) is 0 Å². The number of rotatable bonds is 4. The molecule has 0 spiro atoms. The summed E-state index contributed by atoms with van der Waals surface area (Å²) in [5.74, 6) is 0.659. The zero-order chi connectivity index (χ0) is 21.1. The lowest BCUT2D eigenvalue weighted by atomic mass is 9.81. The maximum absolute atomic E-state index is 9.06. The first-order valence-electron chi connectivity index (χ1n) is 10.9. The summed E-state index contributed by atoms with van der Waals surface area (Å²) in [7, 11) is 0. The summed E-state index contributed by atoms with van der Waals surface area (Å²) >= 11 is 12.6. The third kappa shape index (κ3) is 4.94. The van der Waals surface area contributed by atoms with Crippen molar-refractivity contribution in [3.05, 3.63) is 64.7 Å². The highest BCUT2D eigenvalue weighted by molar-refractivity contribution is 6.30. The molecule has 0 N–H and O–H groups in total. The molecule has 0 bridgehead atoms. The van der Waals surface area contributed by atoms with Crippen molar-refractivity contribution in [3.8, 4) is 6.07 Å². The molecule has 5 heteroatoms. The van der Waals surface area contributed by atoms with Gasteiger partial charge in [0.15, 0.2) is 0 Å². The minimum atomic E-state index is 0.336. The van der Waals surface area contributed by atoms with Crippen LogP contribution in [0.3, 0.4) is 0 Å². The lowest BCUT2D eigenvalue weighted by molar-refractivity contribution is 0.120. The normalized spacial score (nSPS) is 27.6. The molecule has 1 aliphatic carbocycles. The monoisotopic (exact) mass is 441 g/mol. The first kappa shape index (κ1) is 21.5. The van der Waals surface area contributed by atoms with Crippen molar-refractivity contribution >= 4 is 28.9 Å². The van der Waals surface area contributed by atoms with E-state index in [1.54, 1.807) is 0 Å². The van der Waals surface area contributed by atoms with E-state index in [-0.39, 0.29) is 0 Å². The molecule has 30 heavy (non-hydrogen) atoms. The van der Waals surface area contributed by atoms with Gasteiger partial charge in [-0.15, -0.1) is 11.6 Å². The van der Waals surface area contributed by atoms with Gasteiger partial charge >= 0.3 is 0 Å². The summed E-state index contributed by atoms with van der Waals surface area (Å²) in [6.07, 6.45) is 4.62. The number of hydrogen-bond donors (Lipinski definition) is 0. The third-order valence-corrected chi connectivity index (χ3v) is 7.47. The van der Waals surface area contributed by atoms with Crippen molar-refractivity contribution in [2.75, 3.05) is 18.0 Å². The molecule has 1 saturated carbocycles. The van der Waals surface area contributed by atoms with Gasteiger partial charge in [0.05, 0.1) is 11.6 Å². The molecule has 0 amide bonds. The molecular weight excluding hydrogens is 413 g/mol. The van der Waals surface area contributed by atoms with Gasteiger partial charge in [0.1, 0.15) is 0 Å². The zero-order valence-electron chi connectivity index (χ0n) is 17.5. The van der Waals surface area contributed by atoms with Crippen molar-refractivity contribution in [2.45, 2.75) is 56.6 Å². The largest absolute Gasteiger partial charge is 0.365 e. The Morgan fingerprint density at radius 2 is 1.63 bits per heavy atom. The predicted molar refractivity (Wildman–Crippen MR) is 125 cm³/mol. The third-order valence-electron chi connectivity index (χ3n) is 6.78. The van der Waals surface area contributed by atoms with Crippen LogP contribution in [-0.4, -0.2) is 35.5 Å². The fourth-order valence-electron chi connectivity index (χ4n) is 4.99. The predicted octanol–water partition coefficient (Wildman–Crippen LogP) is 6.09. The van der Waals surface area contributed by atoms with E-state index < -0.39 is 0 Å². The summed E-state index contributed by atoms with van der Waals surface area (Å²) in [6.45, 7) is 5.28. The van der Waals surface area contributed by atoms with Gasteiger partial charge in [-0.25, -0.2) is 0 Å². The average Bonchev–Trinajstić information content (AvgIpc) is 2.77. The summed E-state index contributed by atoms with van der Waals surface area (Å²) in [5, 5.41) is 10.2. The second-order valence-electron chi connectivity index (χ2n) is 8.80. The number of nitriles is 1. The maximum Gasteiger partial charge on any atom is 0.0991 e. The minimum absolute atomic E-state index is 0.336. The zero-order valence-corrected chi connectivity index (χ0v) is 19.0. The van der Waals surface area contributed by atoms with Crippen LogP contribution >= 0.6 is 23.2 Å². The second-order valence-corrected chi connectivity index (χ2v) is 9.85. The van der Waals surface area contributed by atoms with E-state index in [9.17, 15) is 0 Å². The van der Waals surface area contributed by atoms with Crippen molar-refractivity contribution in [1.29, 1.82) is 5.26 Å². The van der Waals surface area contributed by atoms with Gasteiger partial charge in [0, 0.05) is 47.8 Å². The van der Waals surface area contributed by atoms with E-state index >= 15 is 0 Å². The van der Waals surface area contributed by atoms with Crippen LogP contribution in [0.4, 0.5) is 5.69 Å². The Hall–Kier alpha value is -1.73.